The van der Waals surface area contributed by atoms with E-state index in [1.54, 1.807) is 30.3 Å². The van der Waals surface area contributed by atoms with Gasteiger partial charge < -0.3 is 10.7 Å². The van der Waals surface area contributed by atoms with E-state index in [-0.39, 0.29) is 5.91 Å². The Morgan fingerprint density at radius 1 is 1.16 bits per heavy atom. The maximum Gasteiger partial charge on any atom is 0.257 e. The second-order valence-electron chi connectivity index (χ2n) is 3.66. The van der Waals surface area contributed by atoms with Gasteiger partial charge in [0.25, 0.3) is 5.91 Å². The van der Waals surface area contributed by atoms with Gasteiger partial charge in [0.15, 0.2) is 0 Å². The van der Waals surface area contributed by atoms with Crippen molar-refractivity contribution in [2.75, 3.05) is 10.7 Å². The summed E-state index contributed by atoms with van der Waals surface area (Å²) in [5, 5.41) is 3.50. The van der Waals surface area contributed by atoms with Gasteiger partial charge in [0.2, 0.25) is 0 Å². The van der Waals surface area contributed by atoms with E-state index in [1.165, 1.54) is 6.20 Å². The lowest BCUT2D eigenvalue weighted by molar-refractivity contribution is 0.102. The van der Waals surface area contributed by atoms with Crippen LogP contribution in [0.2, 0.25) is 10.0 Å². The molecule has 0 unspecified atom stereocenters. The SMILES string of the molecule is NNc1ccc(C(=O)Nc2ccc(Cl)c(Cl)c2)cn1. The highest BCUT2D eigenvalue weighted by Crippen LogP contribution is 2.25. The molecule has 0 aliphatic rings. The molecule has 19 heavy (non-hydrogen) atoms. The van der Waals surface area contributed by atoms with Crippen molar-refractivity contribution in [1.82, 2.24) is 4.98 Å². The Labute approximate surface area is 119 Å². The van der Waals surface area contributed by atoms with E-state index in [0.717, 1.165) is 0 Å². The minimum absolute atomic E-state index is 0.297. The molecule has 0 atom stereocenters. The first kappa shape index (κ1) is 13.6. The number of hydrogen-bond donors (Lipinski definition) is 3. The number of carbonyl (C=O) groups excluding carboxylic acids is 1. The molecule has 7 heteroatoms. The average Bonchev–Trinajstić information content (AvgIpc) is 2.43. The molecule has 2 rings (SSSR count). The minimum Gasteiger partial charge on any atom is -0.322 e. The summed E-state index contributed by atoms with van der Waals surface area (Å²) < 4.78 is 0. The minimum atomic E-state index is -0.297. The summed E-state index contributed by atoms with van der Waals surface area (Å²) in [5.41, 5.74) is 3.34. The first-order chi connectivity index (χ1) is 9.10. The molecule has 0 bridgehead atoms. The van der Waals surface area contributed by atoms with Crippen LogP contribution in [0.5, 0.6) is 0 Å². The topological polar surface area (TPSA) is 80.0 Å². The quantitative estimate of drug-likeness (QED) is 0.601. The first-order valence-electron chi connectivity index (χ1n) is 5.29. The monoisotopic (exact) mass is 296 g/mol. The molecule has 0 radical (unpaired) electrons. The van der Waals surface area contributed by atoms with Crippen molar-refractivity contribution in [3.8, 4) is 0 Å². The second kappa shape index (κ2) is 5.88. The maximum atomic E-state index is 11.9. The van der Waals surface area contributed by atoms with Gasteiger partial charge in [0.05, 0.1) is 15.6 Å². The molecule has 2 aromatic rings. The molecule has 0 saturated carbocycles. The van der Waals surface area contributed by atoms with Crippen LogP contribution in [0.15, 0.2) is 36.5 Å². The smallest absolute Gasteiger partial charge is 0.257 e. The second-order valence-corrected chi connectivity index (χ2v) is 4.47. The van der Waals surface area contributed by atoms with Gasteiger partial charge in [-0.15, -0.1) is 0 Å². The van der Waals surface area contributed by atoms with Gasteiger partial charge in [0.1, 0.15) is 5.82 Å². The molecule has 98 valence electrons. The third kappa shape index (κ3) is 3.35. The van der Waals surface area contributed by atoms with Gasteiger partial charge >= 0.3 is 0 Å². The summed E-state index contributed by atoms with van der Waals surface area (Å²) in [5.74, 6) is 5.37. The average molecular weight is 297 g/mol. The fraction of sp³-hybridized carbons (Fsp3) is 0. The third-order valence-electron chi connectivity index (χ3n) is 2.35. The van der Waals surface area contributed by atoms with E-state index in [4.69, 9.17) is 29.0 Å². The van der Waals surface area contributed by atoms with Crippen molar-refractivity contribution in [3.63, 3.8) is 0 Å². The van der Waals surface area contributed by atoms with E-state index >= 15 is 0 Å². The zero-order valence-electron chi connectivity index (χ0n) is 9.65. The number of nitrogen functional groups attached to an aromatic ring is 1. The van der Waals surface area contributed by atoms with Crippen molar-refractivity contribution >= 4 is 40.6 Å². The number of pyridine rings is 1. The molecule has 0 saturated heterocycles. The van der Waals surface area contributed by atoms with Gasteiger partial charge in [-0.1, -0.05) is 23.2 Å². The molecule has 0 spiro atoms. The van der Waals surface area contributed by atoms with Crippen LogP contribution in [0.4, 0.5) is 11.5 Å². The van der Waals surface area contributed by atoms with E-state index < -0.39 is 0 Å². The molecular weight excluding hydrogens is 287 g/mol. The van der Waals surface area contributed by atoms with Crippen molar-refractivity contribution in [1.29, 1.82) is 0 Å². The zero-order chi connectivity index (χ0) is 13.8. The molecule has 0 fully saturated rings. The van der Waals surface area contributed by atoms with Crippen LogP contribution in [-0.4, -0.2) is 10.9 Å². The van der Waals surface area contributed by atoms with Gasteiger partial charge in [-0.3, -0.25) is 4.79 Å². The summed E-state index contributed by atoms with van der Waals surface area (Å²) in [7, 11) is 0. The van der Waals surface area contributed by atoms with E-state index in [0.29, 0.717) is 27.1 Å². The molecular formula is C12H10Cl2N4O. The largest absolute Gasteiger partial charge is 0.322 e. The lowest BCUT2D eigenvalue weighted by Gasteiger charge is -2.06. The molecule has 1 heterocycles. The number of hydrogen-bond acceptors (Lipinski definition) is 4. The molecule has 0 aliphatic heterocycles. The molecule has 1 aromatic heterocycles. The number of nitrogens with two attached hydrogens (primary N) is 1. The molecule has 0 aliphatic carbocycles. The van der Waals surface area contributed by atoms with E-state index in [9.17, 15) is 4.79 Å². The number of anilines is 2. The third-order valence-corrected chi connectivity index (χ3v) is 3.09. The Morgan fingerprint density at radius 2 is 1.95 bits per heavy atom. The highest BCUT2D eigenvalue weighted by atomic mass is 35.5. The summed E-state index contributed by atoms with van der Waals surface area (Å²) in [4.78, 5) is 15.9. The molecule has 1 amide bonds. The van der Waals surface area contributed by atoms with Crippen molar-refractivity contribution in [2.45, 2.75) is 0 Å². The van der Waals surface area contributed by atoms with Crippen LogP contribution < -0.4 is 16.6 Å². The van der Waals surface area contributed by atoms with Gasteiger partial charge in [0, 0.05) is 11.9 Å². The summed E-state index contributed by atoms with van der Waals surface area (Å²) in [6.07, 6.45) is 1.42. The molecule has 4 N–H and O–H groups in total. The van der Waals surface area contributed by atoms with Crippen LogP contribution in [0, 0.1) is 0 Å². The summed E-state index contributed by atoms with van der Waals surface area (Å²) in [6.45, 7) is 0. The van der Waals surface area contributed by atoms with Crippen molar-refractivity contribution in [2.24, 2.45) is 5.84 Å². The van der Waals surface area contributed by atoms with Crippen molar-refractivity contribution < 1.29 is 4.79 Å². The van der Waals surface area contributed by atoms with E-state index in [1.807, 2.05) is 0 Å². The molecule has 5 nitrogen and oxygen atoms in total. The number of nitrogens with zero attached hydrogens (tertiary/aromatic N) is 1. The summed E-state index contributed by atoms with van der Waals surface area (Å²) in [6, 6.07) is 8.05. The normalized spacial score (nSPS) is 10.1. The lowest BCUT2D eigenvalue weighted by atomic mass is 10.2. The number of aromatic nitrogens is 1. The number of nitrogens with one attached hydrogen (secondary N) is 2. The van der Waals surface area contributed by atoms with Crippen LogP contribution in [0.1, 0.15) is 10.4 Å². The first-order valence-corrected chi connectivity index (χ1v) is 6.05. The number of carbonyl (C=O) groups is 1. The van der Waals surface area contributed by atoms with Crippen LogP contribution in [0.3, 0.4) is 0 Å². The van der Waals surface area contributed by atoms with Gasteiger partial charge in [-0.2, -0.15) is 0 Å². The van der Waals surface area contributed by atoms with Crippen molar-refractivity contribution in [3.05, 3.63) is 52.1 Å². The Kier molecular flexibility index (Phi) is 4.21. The van der Waals surface area contributed by atoms with Crippen LogP contribution >= 0.6 is 23.2 Å². The zero-order valence-corrected chi connectivity index (χ0v) is 11.2. The number of rotatable bonds is 3. The van der Waals surface area contributed by atoms with Crippen LogP contribution in [-0.2, 0) is 0 Å². The van der Waals surface area contributed by atoms with Gasteiger partial charge in [-0.05, 0) is 30.3 Å². The number of benzene rings is 1. The molecule has 1 aromatic carbocycles. The number of halogens is 2. The fourth-order valence-electron chi connectivity index (χ4n) is 1.39. The van der Waals surface area contributed by atoms with E-state index in [2.05, 4.69) is 15.7 Å². The highest BCUT2D eigenvalue weighted by molar-refractivity contribution is 6.42. The highest BCUT2D eigenvalue weighted by Gasteiger charge is 2.07. The lowest BCUT2D eigenvalue weighted by Crippen LogP contribution is -2.13. The Balaban J connectivity index is 2.13. The fourth-order valence-corrected chi connectivity index (χ4v) is 1.69. The summed E-state index contributed by atoms with van der Waals surface area (Å²) >= 11 is 11.7. The maximum absolute atomic E-state index is 11.9. The number of hydrazine groups is 1. The Hall–Kier alpha value is -1.82. The van der Waals surface area contributed by atoms with Gasteiger partial charge in [-0.25, -0.2) is 10.8 Å². The predicted octanol–water partition coefficient (Wildman–Crippen LogP) is 2.93. The predicted molar refractivity (Wildman–Crippen MR) is 76.5 cm³/mol. The number of amides is 1. The van der Waals surface area contributed by atoms with Crippen LogP contribution in [0.25, 0.3) is 0 Å². The standard InChI is InChI=1S/C12H10Cl2N4O/c13-9-3-2-8(5-10(9)14)17-12(19)7-1-4-11(18-15)16-6-7/h1-6H,15H2,(H,16,18)(H,17,19). The Bertz CT molecular complexity index is 601. The Morgan fingerprint density at radius 3 is 2.53 bits per heavy atom.